The van der Waals surface area contributed by atoms with Crippen molar-refractivity contribution in [2.75, 3.05) is 37.4 Å². The predicted molar refractivity (Wildman–Crippen MR) is 112 cm³/mol. The van der Waals surface area contributed by atoms with Crippen LogP contribution < -0.4 is 15.5 Å². The second kappa shape index (κ2) is 7.52. The van der Waals surface area contributed by atoms with Gasteiger partial charge in [0.15, 0.2) is 0 Å². The third-order valence-electron chi connectivity index (χ3n) is 5.00. The summed E-state index contributed by atoms with van der Waals surface area (Å²) in [4.78, 5) is 42.0. The van der Waals surface area contributed by atoms with E-state index in [0.29, 0.717) is 29.0 Å². The van der Waals surface area contributed by atoms with Crippen LogP contribution in [0.2, 0.25) is 0 Å². The van der Waals surface area contributed by atoms with Crippen molar-refractivity contribution in [3.8, 4) is 0 Å². The van der Waals surface area contributed by atoms with Crippen molar-refractivity contribution in [1.82, 2.24) is 10.2 Å². The molecular weight excluding hydrogens is 368 g/mol. The zero-order chi connectivity index (χ0) is 20.5. The first-order valence-corrected chi connectivity index (χ1v) is 9.50. The minimum atomic E-state index is -0.500. The third kappa shape index (κ3) is 3.30. The number of allylic oxidation sites excluding steroid dienone is 1. The lowest BCUT2D eigenvalue weighted by atomic mass is 10.0. The molecule has 0 fully saturated rings. The van der Waals surface area contributed by atoms with Gasteiger partial charge in [-0.3, -0.25) is 9.59 Å². The summed E-state index contributed by atoms with van der Waals surface area (Å²) in [5.74, 6) is -0.744. The first-order valence-electron chi connectivity index (χ1n) is 9.50. The van der Waals surface area contributed by atoms with Crippen LogP contribution in [0, 0.1) is 0 Å². The molecule has 0 saturated carbocycles. The second-order valence-electron chi connectivity index (χ2n) is 7.30. The minimum Gasteiger partial charge on any atom is -0.351 e. The summed E-state index contributed by atoms with van der Waals surface area (Å²) in [5, 5.41) is 5.87. The van der Waals surface area contributed by atoms with Crippen LogP contribution in [-0.4, -0.2) is 49.8 Å². The van der Waals surface area contributed by atoms with Gasteiger partial charge in [-0.15, -0.1) is 0 Å². The minimum absolute atomic E-state index is 0.214. The summed E-state index contributed by atoms with van der Waals surface area (Å²) >= 11 is 0. The maximum absolute atomic E-state index is 13.2. The molecule has 2 aromatic carbocycles. The molecule has 0 atom stereocenters. The fraction of sp³-hybridized carbons (Fsp3) is 0.227. The first kappa shape index (κ1) is 18.9. The number of fused-ring (bicyclic) bond motifs is 2. The van der Waals surface area contributed by atoms with E-state index >= 15 is 0 Å². The Morgan fingerprint density at radius 3 is 2.45 bits per heavy atom. The van der Waals surface area contributed by atoms with E-state index in [0.717, 1.165) is 17.9 Å². The molecule has 2 aliphatic heterocycles. The van der Waals surface area contributed by atoms with Crippen molar-refractivity contribution in [2.45, 2.75) is 6.42 Å². The molecule has 0 aromatic heterocycles. The Labute approximate surface area is 169 Å². The number of hydrogen-bond acceptors (Lipinski definition) is 5. The first-order chi connectivity index (χ1) is 14.0. The smallest absolute Gasteiger partial charge is 0.329 e. The van der Waals surface area contributed by atoms with Gasteiger partial charge < -0.3 is 15.5 Å². The molecule has 2 aromatic rings. The van der Waals surface area contributed by atoms with Crippen LogP contribution in [0.3, 0.4) is 0 Å². The predicted octanol–water partition coefficient (Wildman–Crippen LogP) is 2.71. The van der Waals surface area contributed by atoms with Crippen LogP contribution in [0.5, 0.6) is 0 Å². The van der Waals surface area contributed by atoms with Crippen molar-refractivity contribution in [2.24, 2.45) is 0 Å². The van der Waals surface area contributed by atoms with E-state index < -0.39 is 11.9 Å². The number of Topliss-reactive ketones (excluding diaryl/α,β-unsaturated/α-hetero) is 1. The van der Waals surface area contributed by atoms with Crippen molar-refractivity contribution in [1.29, 1.82) is 0 Å². The summed E-state index contributed by atoms with van der Waals surface area (Å²) in [6, 6.07) is 13.7. The number of para-hydroxylation sites is 2. The van der Waals surface area contributed by atoms with Crippen molar-refractivity contribution in [3.63, 3.8) is 0 Å². The number of carbonyl (C=O) groups is 3. The number of urea groups is 1. The van der Waals surface area contributed by atoms with Gasteiger partial charge in [0.05, 0.1) is 11.3 Å². The molecule has 0 bridgehead atoms. The van der Waals surface area contributed by atoms with Gasteiger partial charge in [-0.25, -0.2) is 9.69 Å². The molecule has 0 radical (unpaired) electrons. The van der Waals surface area contributed by atoms with Crippen LogP contribution >= 0.6 is 0 Å². The zero-order valence-electron chi connectivity index (χ0n) is 16.4. The van der Waals surface area contributed by atoms with Gasteiger partial charge in [-0.05, 0) is 45.3 Å². The van der Waals surface area contributed by atoms with Gasteiger partial charge in [0.1, 0.15) is 5.70 Å². The van der Waals surface area contributed by atoms with E-state index in [2.05, 4.69) is 10.6 Å². The largest absolute Gasteiger partial charge is 0.351 e. The molecule has 148 valence electrons. The van der Waals surface area contributed by atoms with Gasteiger partial charge in [0.2, 0.25) is 5.78 Å². The highest BCUT2D eigenvalue weighted by Crippen LogP contribution is 2.41. The molecule has 7 heteroatoms. The molecule has 2 aliphatic rings. The van der Waals surface area contributed by atoms with Crippen LogP contribution in [0.1, 0.15) is 22.3 Å². The highest BCUT2D eigenvalue weighted by molar-refractivity contribution is 6.44. The van der Waals surface area contributed by atoms with Gasteiger partial charge in [0.25, 0.3) is 5.91 Å². The zero-order valence-corrected chi connectivity index (χ0v) is 16.4. The lowest BCUT2D eigenvalue weighted by molar-refractivity contribution is -0.112. The maximum atomic E-state index is 13.2. The number of hydrogen-bond donors (Lipinski definition) is 2. The van der Waals surface area contributed by atoms with Crippen molar-refractivity contribution >= 4 is 34.7 Å². The van der Waals surface area contributed by atoms with Crippen LogP contribution in [0.4, 0.5) is 16.2 Å². The Bertz CT molecular complexity index is 1040. The number of anilines is 2. The van der Waals surface area contributed by atoms with E-state index in [9.17, 15) is 14.4 Å². The summed E-state index contributed by atoms with van der Waals surface area (Å²) < 4.78 is 0. The average molecular weight is 390 g/mol. The second-order valence-corrected chi connectivity index (χ2v) is 7.30. The van der Waals surface area contributed by atoms with E-state index in [1.54, 1.807) is 42.5 Å². The van der Waals surface area contributed by atoms with Crippen molar-refractivity contribution in [3.05, 3.63) is 65.4 Å². The lowest BCUT2D eigenvalue weighted by Crippen LogP contribution is -2.42. The van der Waals surface area contributed by atoms with Crippen molar-refractivity contribution < 1.29 is 14.4 Å². The number of rotatable bonds is 4. The highest BCUT2D eigenvalue weighted by atomic mass is 16.2. The Hall–Kier alpha value is -3.45. The monoisotopic (exact) mass is 390 g/mol. The van der Waals surface area contributed by atoms with Gasteiger partial charge in [-0.1, -0.05) is 30.3 Å². The summed E-state index contributed by atoms with van der Waals surface area (Å²) in [6.45, 7) is 1.29. The van der Waals surface area contributed by atoms with E-state index in [4.69, 9.17) is 0 Å². The Kier molecular flexibility index (Phi) is 4.90. The maximum Gasteiger partial charge on any atom is 0.329 e. The molecule has 0 spiro atoms. The fourth-order valence-corrected chi connectivity index (χ4v) is 3.62. The molecule has 29 heavy (non-hydrogen) atoms. The third-order valence-corrected chi connectivity index (χ3v) is 5.00. The lowest BCUT2D eigenvalue weighted by Gasteiger charge is -2.17. The van der Waals surface area contributed by atoms with E-state index in [1.807, 2.05) is 25.1 Å². The average Bonchev–Trinajstić information content (AvgIpc) is 3.18. The molecule has 4 rings (SSSR count). The normalized spacial score (nSPS) is 17.4. The standard InChI is InChI=1S/C22H22N4O3/c1-25(2)13-7-12-23-22(29)26-17-11-6-4-9-15(17)18(21(26)28)19-20(27)14-8-3-5-10-16(14)24-19/h3-6,8-11,24H,7,12-13H2,1-2H3,(H,23,29)/b19-18-. The summed E-state index contributed by atoms with van der Waals surface area (Å²) in [7, 11) is 3.92. The molecule has 3 amide bonds. The van der Waals surface area contributed by atoms with Gasteiger partial charge in [-0.2, -0.15) is 0 Å². The summed E-state index contributed by atoms with van der Waals surface area (Å²) in [6.07, 6.45) is 0.770. The molecule has 0 aliphatic carbocycles. The molecule has 2 heterocycles. The number of benzene rings is 2. The molecule has 0 saturated heterocycles. The van der Waals surface area contributed by atoms with E-state index in [1.165, 1.54) is 0 Å². The molecule has 0 unspecified atom stereocenters. The Morgan fingerprint density at radius 2 is 1.72 bits per heavy atom. The topological polar surface area (TPSA) is 81.8 Å². The quantitative estimate of drug-likeness (QED) is 0.620. The number of nitrogens with one attached hydrogen (secondary N) is 2. The summed E-state index contributed by atoms with van der Waals surface area (Å²) in [5.41, 5.74) is 2.68. The van der Waals surface area contributed by atoms with E-state index in [-0.39, 0.29) is 17.1 Å². The molecule has 7 nitrogen and oxygen atoms in total. The molecule has 2 N–H and O–H groups in total. The van der Waals surface area contributed by atoms with Gasteiger partial charge >= 0.3 is 6.03 Å². The fourth-order valence-electron chi connectivity index (χ4n) is 3.62. The SMILES string of the molecule is CN(C)CCCNC(=O)N1C(=O)/C(=C2\Nc3ccccc3C2=O)c2ccccc21. The van der Waals surface area contributed by atoms with Crippen LogP contribution in [0.25, 0.3) is 5.57 Å². The number of nitrogens with zero attached hydrogens (tertiary/aromatic N) is 2. The molecular formula is C22H22N4O3. The van der Waals surface area contributed by atoms with Gasteiger partial charge in [0, 0.05) is 23.4 Å². The Balaban J connectivity index is 1.66. The highest BCUT2D eigenvalue weighted by Gasteiger charge is 2.41. The number of carbonyl (C=O) groups excluding carboxylic acids is 3. The van der Waals surface area contributed by atoms with Crippen LogP contribution in [-0.2, 0) is 4.79 Å². The Morgan fingerprint density at radius 1 is 1.03 bits per heavy atom. The number of imide groups is 1. The number of amides is 3. The number of ketones is 1. The van der Waals surface area contributed by atoms with Crippen LogP contribution in [0.15, 0.2) is 54.2 Å².